The van der Waals surface area contributed by atoms with Gasteiger partial charge in [-0.05, 0) is 144 Å². The van der Waals surface area contributed by atoms with Crippen LogP contribution in [0.2, 0.25) is 0 Å². The minimum absolute atomic E-state index is 0.00775. The molecule has 0 aromatic heterocycles. The normalized spacial score (nSPS) is 43.4. The van der Waals surface area contributed by atoms with E-state index < -0.39 is 33.5 Å². The summed E-state index contributed by atoms with van der Waals surface area (Å²) in [5.74, 6) is 2.46. The predicted molar refractivity (Wildman–Crippen MR) is 140 cm³/mol. The molecule has 1 aromatic carbocycles. The summed E-state index contributed by atoms with van der Waals surface area (Å²) < 4.78 is 49.5. The highest BCUT2D eigenvalue weighted by atomic mass is 32.3. The van der Waals surface area contributed by atoms with Crippen LogP contribution < -0.4 is 4.18 Å². The Bertz CT molecular complexity index is 1180. The molecule has 0 radical (unpaired) electrons. The summed E-state index contributed by atoms with van der Waals surface area (Å²) >= 11 is 0. The molecule has 8 nitrogen and oxygen atoms in total. The molecule has 8 aliphatic carbocycles. The van der Waals surface area contributed by atoms with Crippen LogP contribution in [-0.2, 0) is 19.9 Å². The molecule has 0 spiro atoms. The zero-order chi connectivity index (χ0) is 27.3. The molecule has 0 amide bonds. The zero-order valence-electron chi connectivity index (χ0n) is 22.6. The Morgan fingerprint density at radius 1 is 0.667 bits per heavy atom. The Labute approximate surface area is 230 Å². The van der Waals surface area contributed by atoms with Crippen molar-refractivity contribution in [2.75, 3.05) is 0 Å². The highest BCUT2D eigenvalue weighted by Crippen LogP contribution is 2.60. The third kappa shape index (κ3) is 4.39. The van der Waals surface area contributed by atoms with Gasteiger partial charge < -0.3 is 13.7 Å². The minimum Gasteiger partial charge on any atom is -0.455 e. The number of esters is 2. The maximum absolute atomic E-state index is 13.5. The van der Waals surface area contributed by atoms with E-state index >= 15 is 0 Å². The lowest BCUT2D eigenvalue weighted by Gasteiger charge is -2.59. The summed E-state index contributed by atoms with van der Waals surface area (Å²) in [7, 11) is -4.87. The smallest absolute Gasteiger partial charge is 0.446 e. The van der Waals surface area contributed by atoms with Gasteiger partial charge in [0.15, 0.2) is 0 Å². The molecular formula is C30H38O8S. The molecule has 8 saturated carbocycles. The second kappa shape index (κ2) is 8.68. The van der Waals surface area contributed by atoms with Gasteiger partial charge in [-0.1, -0.05) is 0 Å². The fraction of sp³-hybridized carbons (Fsp3) is 0.733. The number of hydrogen-bond acceptors (Lipinski definition) is 7. The van der Waals surface area contributed by atoms with Crippen molar-refractivity contribution in [2.24, 2.45) is 47.3 Å². The Morgan fingerprint density at radius 3 is 1.31 bits per heavy atom. The lowest BCUT2D eigenvalue weighted by Crippen LogP contribution is -2.58. The fourth-order valence-corrected chi connectivity index (χ4v) is 10.4. The number of ether oxygens (including phenoxy) is 2. The Morgan fingerprint density at radius 2 is 1.00 bits per heavy atom. The van der Waals surface area contributed by atoms with E-state index in [1.165, 1.54) is 31.0 Å². The lowest BCUT2D eigenvalue weighted by atomic mass is 9.50. The van der Waals surface area contributed by atoms with Crippen molar-refractivity contribution in [2.45, 2.75) is 89.3 Å². The van der Waals surface area contributed by atoms with Gasteiger partial charge in [-0.2, -0.15) is 8.42 Å². The van der Waals surface area contributed by atoms with Crippen molar-refractivity contribution in [3.63, 3.8) is 0 Å². The molecule has 9 rings (SSSR count). The van der Waals surface area contributed by atoms with E-state index in [0.717, 1.165) is 51.4 Å². The van der Waals surface area contributed by atoms with Crippen LogP contribution in [0.5, 0.6) is 5.75 Å². The average molecular weight is 559 g/mol. The summed E-state index contributed by atoms with van der Waals surface area (Å²) in [5, 5.41) is 0. The van der Waals surface area contributed by atoms with Gasteiger partial charge in [-0.15, -0.1) is 0 Å². The summed E-state index contributed by atoms with van der Waals surface area (Å²) in [6.07, 6.45) is 11.0. The van der Waals surface area contributed by atoms with Crippen LogP contribution >= 0.6 is 0 Å². The topological polar surface area (TPSA) is 116 Å². The quantitative estimate of drug-likeness (QED) is 0.354. The molecule has 1 N–H and O–H groups in total. The first-order valence-corrected chi connectivity index (χ1v) is 16.0. The molecule has 9 heteroatoms. The largest absolute Gasteiger partial charge is 0.455 e. The third-order valence-electron chi connectivity index (χ3n) is 11.7. The van der Waals surface area contributed by atoms with Gasteiger partial charge in [0.1, 0.15) is 17.0 Å². The second-order valence-electron chi connectivity index (χ2n) is 14.0. The van der Waals surface area contributed by atoms with Crippen molar-refractivity contribution in [1.82, 2.24) is 0 Å². The van der Waals surface area contributed by atoms with Gasteiger partial charge in [0.2, 0.25) is 0 Å². The molecule has 1 aromatic rings. The van der Waals surface area contributed by atoms with Crippen molar-refractivity contribution in [3.05, 3.63) is 29.3 Å². The Hall–Kier alpha value is -2.13. The van der Waals surface area contributed by atoms with Gasteiger partial charge in [0, 0.05) is 0 Å². The first kappa shape index (κ1) is 25.8. The van der Waals surface area contributed by atoms with Gasteiger partial charge in [-0.3, -0.25) is 4.55 Å². The van der Waals surface area contributed by atoms with Crippen LogP contribution in [0.4, 0.5) is 0 Å². The molecule has 0 saturated heterocycles. The molecule has 0 heterocycles. The van der Waals surface area contributed by atoms with Gasteiger partial charge in [0.25, 0.3) is 0 Å². The minimum atomic E-state index is -4.87. The number of carbonyl (C=O) groups excluding carboxylic acids is 2. The van der Waals surface area contributed by atoms with E-state index in [0.29, 0.717) is 47.3 Å². The van der Waals surface area contributed by atoms with Crippen LogP contribution in [0.25, 0.3) is 0 Å². The van der Waals surface area contributed by atoms with Gasteiger partial charge >= 0.3 is 22.3 Å². The highest BCUT2D eigenvalue weighted by Gasteiger charge is 2.58. The molecule has 8 aliphatic rings. The third-order valence-corrected chi connectivity index (χ3v) is 12.1. The van der Waals surface area contributed by atoms with Crippen LogP contribution in [0.1, 0.15) is 98.8 Å². The molecule has 8 fully saturated rings. The molecule has 0 aliphatic heterocycles. The zero-order valence-corrected chi connectivity index (χ0v) is 23.5. The first-order chi connectivity index (χ1) is 18.4. The van der Waals surface area contributed by atoms with E-state index in [9.17, 15) is 22.6 Å². The second-order valence-corrected chi connectivity index (χ2v) is 15.0. The number of hydrogen-bond donors (Lipinski definition) is 1. The van der Waals surface area contributed by atoms with Gasteiger partial charge in [-0.25, -0.2) is 9.59 Å². The monoisotopic (exact) mass is 558 g/mol. The summed E-state index contributed by atoms with van der Waals surface area (Å²) in [6, 6.07) is 3.81. The van der Waals surface area contributed by atoms with Crippen LogP contribution in [0.3, 0.4) is 0 Å². The van der Waals surface area contributed by atoms with Crippen molar-refractivity contribution >= 4 is 22.3 Å². The molecular weight excluding hydrogens is 520 g/mol. The number of rotatable bonds is 6. The van der Waals surface area contributed by atoms with E-state index in [-0.39, 0.29) is 16.9 Å². The van der Waals surface area contributed by atoms with Crippen molar-refractivity contribution in [1.29, 1.82) is 0 Å². The Balaban J connectivity index is 1.16. The van der Waals surface area contributed by atoms with Crippen LogP contribution in [0.15, 0.2) is 18.2 Å². The highest BCUT2D eigenvalue weighted by molar-refractivity contribution is 7.81. The lowest BCUT2D eigenvalue weighted by molar-refractivity contribution is -0.165. The average Bonchev–Trinajstić information content (AvgIpc) is 2.84. The first-order valence-electron chi connectivity index (χ1n) is 14.7. The van der Waals surface area contributed by atoms with Crippen molar-refractivity contribution < 1.29 is 36.2 Å². The number of carbonyl (C=O) groups is 2. The summed E-state index contributed by atoms with van der Waals surface area (Å²) in [6.45, 7) is 4.05. The van der Waals surface area contributed by atoms with E-state index in [1.54, 1.807) is 0 Å². The fourth-order valence-electron chi connectivity index (χ4n) is 10.1. The maximum atomic E-state index is 13.5. The predicted octanol–water partition coefficient (Wildman–Crippen LogP) is 5.61. The Kier molecular flexibility index (Phi) is 5.75. The maximum Gasteiger partial charge on any atom is 0.446 e. The van der Waals surface area contributed by atoms with E-state index in [2.05, 4.69) is 0 Å². The molecule has 39 heavy (non-hydrogen) atoms. The van der Waals surface area contributed by atoms with Crippen molar-refractivity contribution in [3.8, 4) is 5.75 Å². The molecule has 8 bridgehead atoms. The SMILES string of the molecule is CC1(OC(=O)c2cc(OS(=O)(=O)O)cc(C(=O)OC3(C)C4CC5CC(C4)CC3C5)c2)C2CC3CC(C2)CC1C3. The standard InChI is InChI=1S/C30H38O8S/c1-29(22-5-16-3-17(7-22)8-23(29)6-16)36-27(31)20-13-21(15-26(14-20)38-39(33,34)35)28(32)37-30(2)24-9-18-4-19(11-24)12-25(30)10-18/h13-19,22-25H,3-12H2,1-2H3,(H,33,34,35). The number of benzene rings is 1. The van der Waals surface area contributed by atoms with E-state index in [4.69, 9.17) is 13.7 Å². The van der Waals surface area contributed by atoms with Gasteiger partial charge in [0.05, 0.1) is 11.1 Å². The van der Waals surface area contributed by atoms with Crippen LogP contribution in [0, 0.1) is 47.3 Å². The molecule has 0 atom stereocenters. The molecule has 0 unspecified atom stereocenters. The summed E-state index contributed by atoms with van der Waals surface area (Å²) in [5.41, 5.74) is -1.18. The van der Waals surface area contributed by atoms with Crippen LogP contribution in [-0.4, -0.2) is 36.1 Å². The summed E-state index contributed by atoms with van der Waals surface area (Å²) in [4.78, 5) is 27.1. The van der Waals surface area contributed by atoms with E-state index in [1.807, 2.05) is 13.8 Å². The molecule has 212 valence electrons.